The minimum atomic E-state index is -4.13. The summed E-state index contributed by atoms with van der Waals surface area (Å²) in [4.78, 5) is 14.3. The van der Waals surface area contributed by atoms with Crippen LogP contribution < -0.4 is 19.7 Å². The van der Waals surface area contributed by atoms with Crippen LogP contribution in [0, 0.1) is 5.82 Å². The summed E-state index contributed by atoms with van der Waals surface area (Å²) in [5, 5.41) is 2.68. The van der Waals surface area contributed by atoms with Crippen LogP contribution in [0.5, 0.6) is 11.5 Å². The third-order valence-corrected chi connectivity index (χ3v) is 7.11. The van der Waals surface area contributed by atoms with Crippen molar-refractivity contribution in [3.05, 3.63) is 58.4 Å². The highest BCUT2D eigenvalue weighted by Gasteiger charge is 2.41. The zero-order chi connectivity index (χ0) is 20.2. The summed E-state index contributed by atoms with van der Waals surface area (Å²) < 4.78 is 50.7. The highest BCUT2D eigenvalue weighted by Crippen LogP contribution is 2.43. The standard InChI is InChI=1S/C20H17FN2O5S/c21-13-4-5-14-18(9-13)29(25,26)19(15-2-1-7-23(14)15)20(24)22-10-12-3-6-16-17(8-12)28-11-27-16/h3-6,8-9H,1-2,7,10-11H2,(H,22,24). The van der Waals surface area contributed by atoms with Gasteiger partial charge in [-0.05, 0) is 48.7 Å². The van der Waals surface area contributed by atoms with Crippen LogP contribution in [-0.2, 0) is 21.2 Å². The average molecular weight is 416 g/mol. The first kappa shape index (κ1) is 18.0. The first-order chi connectivity index (χ1) is 13.9. The lowest BCUT2D eigenvalue weighted by molar-refractivity contribution is -0.117. The largest absolute Gasteiger partial charge is 0.454 e. The maximum atomic E-state index is 13.8. The van der Waals surface area contributed by atoms with Crippen molar-refractivity contribution in [2.24, 2.45) is 0 Å². The average Bonchev–Trinajstić information content (AvgIpc) is 3.35. The molecule has 1 N–H and O–H groups in total. The molecule has 0 radical (unpaired) electrons. The molecule has 2 aromatic carbocycles. The minimum Gasteiger partial charge on any atom is -0.454 e. The lowest BCUT2D eigenvalue weighted by Crippen LogP contribution is -2.35. The van der Waals surface area contributed by atoms with Crippen molar-refractivity contribution in [1.29, 1.82) is 0 Å². The SMILES string of the molecule is O=C(NCc1ccc2c(c1)OCO2)C1=C2CCCN2c2ccc(F)cc2S1(=O)=O. The summed E-state index contributed by atoms with van der Waals surface area (Å²) in [7, 11) is -4.13. The van der Waals surface area contributed by atoms with Crippen LogP contribution >= 0.6 is 0 Å². The van der Waals surface area contributed by atoms with E-state index >= 15 is 0 Å². The van der Waals surface area contributed by atoms with Gasteiger partial charge in [-0.25, -0.2) is 12.8 Å². The summed E-state index contributed by atoms with van der Waals surface area (Å²) in [6.07, 6.45) is 1.20. The molecule has 0 aromatic heterocycles. The number of nitrogens with zero attached hydrogens (tertiary/aromatic N) is 1. The maximum Gasteiger partial charge on any atom is 0.265 e. The van der Waals surface area contributed by atoms with Gasteiger partial charge in [0.2, 0.25) is 16.6 Å². The Morgan fingerprint density at radius 1 is 1.14 bits per heavy atom. The summed E-state index contributed by atoms with van der Waals surface area (Å²) in [6.45, 7) is 0.853. The summed E-state index contributed by atoms with van der Waals surface area (Å²) in [6, 6.07) is 8.91. The molecule has 0 saturated carbocycles. The Morgan fingerprint density at radius 3 is 2.83 bits per heavy atom. The Kier molecular flexibility index (Phi) is 4.02. The Bertz CT molecular complexity index is 1180. The molecule has 1 saturated heterocycles. The van der Waals surface area contributed by atoms with Gasteiger partial charge in [0.1, 0.15) is 5.82 Å². The van der Waals surface area contributed by atoms with Gasteiger partial charge in [-0.15, -0.1) is 0 Å². The number of halogens is 1. The van der Waals surface area contributed by atoms with Crippen molar-refractivity contribution in [2.75, 3.05) is 18.2 Å². The Labute approximate surface area is 166 Å². The second-order valence-corrected chi connectivity index (χ2v) is 8.87. The van der Waals surface area contributed by atoms with E-state index in [9.17, 15) is 17.6 Å². The molecule has 0 atom stereocenters. The topological polar surface area (TPSA) is 84.9 Å². The second kappa shape index (κ2) is 6.48. The molecule has 3 heterocycles. The van der Waals surface area contributed by atoms with Gasteiger partial charge in [0.15, 0.2) is 16.4 Å². The molecule has 7 nitrogen and oxygen atoms in total. The van der Waals surface area contributed by atoms with Crippen LogP contribution in [0.2, 0.25) is 0 Å². The van der Waals surface area contributed by atoms with E-state index in [2.05, 4.69) is 5.32 Å². The molecule has 29 heavy (non-hydrogen) atoms. The molecule has 5 rings (SSSR count). The zero-order valence-corrected chi connectivity index (χ0v) is 16.1. The molecule has 0 bridgehead atoms. The van der Waals surface area contributed by atoms with Gasteiger partial charge >= 0.3 is 0 Å². The van der Waals surface area contributed by atoms with Crippen LogP contribution in [0.1, 0.15) is 18.4 Å². The van der Waals surface area contributed by atoms with Gasteiger partial charge in [0, 0.05) is 18.8 Å². The molecule has 9 heteroatoms. The van der Waals surface area contributed by atoms with E-state index < -0.39 is 21.6 Å². The first-order valence-corrected chi connectivity index (χ1v) is 10.7. The lowest BCUT2D eigenvalue weighted by Gasteiger charge is -2.30. The molecule has 3 aliphatic rings. The van der Waals surface area contributed by atoms with E-state index in [0.717, 1.165) is 18.1 Å². The van der Waals surface area contributed by atoms with E-state index in [1.807, 2.05) is 0 Å². The molecule has 1 amide bonds. The molecule has 1 fully saturated rings. The summed E-state index contributed by atoms with van der Waals surface area (Å²) in [5.74, 6) is -0.148. The number of nitrogens with one attached hydrogen (secondary N) is 1. The number of hydrogen-bond acceptors (Lipinski definition) is 6. The van der Waals surface area contributed by atoms with Gasteiger partial charge in [-0.3, -0.25) is 4.79 Å². The van der Waals surface area contributed by atoms with Crippen LogP contribution in [0.25, 0.3) is 0 Å². The fourth-order valence-electron chi connectivity index (χ4n) is 3.93. The second-order valence-electron chi connectivity index (χ2n) is 7.02. The fourth-order valence-corrected chi connectivity index (χ4v) is 5.71. The van der Waals surface area contributed by atoms with Crippen LogP contribution in [0.4, 0.5) is 10.1 Å². The fraction of sp³-hybridized carbons (Fsp3) is 0.250. The molecular weight excluding hydrogens is 399 g/mol. The first-order valence-electron chi connectivity index (χ1n) is 9.17. The Balaban J connectivity index is 1.47. The van der Waals surface area contributed by atoms with E-state index in [1.165, 1.54) is 12.1 Å². The number of allylic oxidation sites excluding steroid dienone is 1. The quantitative estimate of drug-likeness (QED) is 0.828. The number of amides is 1. The Hall–Kier alpha value is -3.07. The van der Waals surface area contributed by atoms with E-state index in [-0.39, 0.29) is 23.1 Å². The zero-order valence-electron chi connectivity index (χ0n) is 15.3. The molecule has 2 aromatic rings. The monoisotopic (exact) mass is 416 g/mol. The number of sulfone groups is 1. The highest BCUT2D eigenvalue weighted by atomic mass is 32.2. The van der Waals surface area contributed by atoms with E-state index in [1.54, 1.807) is 23.1 Å². The van der Waals surface area contributed by atoms with Gasteiger partial charge in [0.05, 0.1) is 10.6 Å². The molecule has 0 spiro atoms. The molecular formula is C20H17FN2O5S. The van der Waals surface area contributed by atoms with E-state index in [0.29, 0.717) is 35.8 Å². The number of benzene rings is 2. The minimum absolute atomic E-state index is 0.123. The van der Waals surface area contributed by atoms with Gasteiger partial charge in [-0.2, -0.15) is 0 Å². The van der Waals surface area contributed by atoms with Crippen molar-refractivity contribution in [3.63, 3.8) is 0 Å². The molecule has 3 aliphatic heterocycles. The molecule has 150 valence electrons. The van der Waals surface area contributed by atoms with Gasteiger partial charge < -0.3 is 19.7 Å². The van der Waals surface area contributed by atoms with Gasteiger partial charge in [0.25, 0.3) is 5.91 Å². The maximum absolute atomic E-state index is 13.8. The van der Waals surface area contributed by atoms with Crippen LogP contribution in [0.15, 0.2) is 51.9 Å². The number of ether oxygens (including phenoxy) is 2. The van der Waals surface area contributed by atoms with Crippen molar-refractivity contribution < 1.29 is 27.1 Å². The molecule has 0 aliphatic carbocycles. The van der Waals surface area contributed by atoms with Crippen molar-refractivity contribution in [2.45, 2.75) is 24.3 Å². The van der Waals surface area contributed by atoms with Crippen LogP contribution in [0.3, 0.4) is 0 Å². The number of carbonyl (C=O) groups excluding carboxylic acids is 1. The summed E-state index contributed by atoms with van der Waals surface area (Å²) in [5.41, 5.74) is 1.63. The number of rotatable bonds is 3. The smallest absolute Gasteiger partial charge is 0.265 e. The lowest BCUT2D eigenvalue weighted by atomic mass is 10.2. The third kappa shape index (κ3) is 2.84. The van der Waals surface area contributed by atoms with Crippen molar-refractivity contribution >= 4 is 21.4 Å². The predicted octanol–water partition coefficient (Wildman–Crippen LogP) is 2.47. The number of anilines is 1. The highest BCUT2D eigenvalue weighted by molar-refractivity contribution is 7.96. The predicted molar refractivity (Wildman–Crippen MR) is 102 cm³/mol. The molecule has 0 unspecified atom stereocenters. The number of hydrogen-bond donors (Lipinski definition) is 1. The van der Waals surface area contributed by atoms with Gasteiger partial charge in [-0.1, -0.05) is 6.07 Å². The normalized spacial score (nSPS) is 18.4. The van der Waals surface area contributed by atoms with Crippen molar-refractivity contribution in [3.8, 4) is 11.5 Å². The third-order valence-electron chi connectivity index (χ3n) is 5.25. The van der Waals surface area contributed by atoms with E-state index in [4.69, 9.17) is 9.47 Å². The van der Waals surface area contributed by atoms with Crippen molar-refractivity contribution in [1.82, 2.24) is 5.32 Å². The van der Waals surface area contributed by atoms with Crippen LogP contribution in [-0.4, -0.2) is 27.7 Å². The number of carbonyl (C=O) groups is 1. The number of fused-ring (bicyclic) bond motifs is 4. The summed E-state index contributed by atoms with van der Waals surface area (Å²) >= 11 is 0. The Morgan fingerprint density at radius 2 is 1.97 bits per heavy atom.